The maximum Gasteiger partial charge on any atom is 0.303 e. The second-order valence-electron chi connectivity index (χ2n) is 7.11. The van der Waals surface area contributed by atoms with E-state index >= 15 is 0 Å². The third kappa shape index (κ3) is 3.52. The molecule has 0 aliphatic carbocycles. The molecule has 2 heterocycles. The first-order valence-corrected chi connectivity index (χ1v) is 9.46. The Labute approximate surface area is 168 Å². The molecule has 2 aliphatic rings. The number of carbonyl (C=O) groups excluding carboxylic acids is 2. The molecule has 1 aromatic rings. The molecule has 0 radical (unpaired) electrons. The molecule has 0 fully saturated rings. The van der Waals surface area contributed by atoms with E-state index in [-0.39, 0.29) is 18.1 Å². The summed E-state index contributed by atoms with van der Waals surface area (Å²) in [6.45, 7) is 5.29. The van der Waals surface area contributed by atoms with Crippen molar-refractivity contribution in [3.63, 3.8) is 0 Å². The Morgan fingerprint density at radius 2 is 2.07 bits per heavy atom. The molecule has 0 saturated carbocycles. The van der Waals surface area contributed by atoms with Gasteiger partial charge in [-0.05, 0) is 18.9 Å². The van der Waals surface area contributed by atoms with Gasteiger partial charge in [0, 0.05) is 30.7 Å². The third-order valence-electron chi connectivity index (χ3n) is 5.62. The van der Waals surface area contributed by atoms with E-state index in [0.29, 0.717) is 29.9 Å². The van der Waals surface area contributed by atoms with E-state index in [4.69, 9.17) is 14.2 Å². The molecule has 2 atom stereocenters. The van der Waals surface area contributed by atoms with Gasteiger partial charge >= 0.3 is 5.97 Å². The highest BCUT2D eigenvalue weighted by atomic mass is 16.6. The van der Waals surface area contributed by atoms with Crippen molar-refractivity contribution in [1.82, 2.24) is 4.90 Å². The van der Waals surface area contributed by atoms with E-state index in [1.54, 1.807) is 0 Å². The first-order chi connectivity index (χ1) is 13.8. The summed E-state index contributed by atoms with van der Waals surface area (Å²) < 4.78 is 17.2. The molecule has 2 aliphatic heterocycles. The summed E-state index contributed by atoms with van der Waals surface area (Å²) >= 11 is 0. The average Bonchev–Trinajstić information content (AvgIpc) is 3.07. The highest BCUT2D eigenvalue weighted by Crippen LogP contribution is 2.49. The molecule has 3 rings (SSSR count). The first kappa shape index (κ1) is 20.6. The van der Waals surface area contributed by atoms with Crippen LogP contribution in [0.25, 0.3) is 0 Å². The van der Waals surface area contributed by atoms with E-state index in [9.17, 15) is 19.7 Å². The molecule has 0 spiro atoms. The molecule has 1 aromatic carbocycles. The summed E-state index contributed by atoms with van der Waals surface area (Å²) in [5.41, 5.74) is -0.580. The van der Waals surface area contributed by atoms with Crippen molar-refractivity contribution in [2.75, 3.05) is 13.7 Å². The van der Waals surface area contributed by atoms with Crippen LogP contribution in [0.5, 0.6) is 5.75 Å². The van der Waals surface area contributed by atoms with Crippen LogP contribution in [0.4, 0.5) is 5.69 Å². The van der Waals surface area contributed by atoms with Crippen molar-refractivity contribution < 1.29 is 28.7 Å². The van der Waals surface area contributed by atoms with Gasteiger partial charge in [0.2, 0.25) is 0 Å². The molecule has 1 amide bonds. The Morgan fingerprint density at radius 3 is 2.59 bits per heavy atom. The van der Waals surface area contributed by atoms with Gasteiger partial charge in [0.15, 0.2) is 6.10 Å². The Morgan fingerprint density at radius 1 is 1.38 bits per heavy atom. The zero-order chi connectivity index (χ0) is 21.3. The van der Waals surface area contributed by atoms with Crippen LogP contribution in [0.15, 0.2) is 30.0 Å². The number of ether oxygens (including phenoxy) is 3. The van der Waals surface area contributed by atoms with Crippen molar-refractivity contribution in [1.29, 1.82) is 0 Å². The molecule has 0 aromatic heterocycles. The smallest absolute Gasteiger partial charge is 0.303 e. The van der Waals surface area contributed by atoms with E-state index < -0.39 is 28.6 Å². The summed E-state index contributed by atoms with van der Waals surface area (Å²) in [5, 5.41) is 11.3. The molecule has 29 heavy (non-hydrogen) atoms. The fourth-order valence-corrected chi connectivity index (χ4v) is 4.05. The molecule has 156 valence electrons. The predicted molar refractivity (Wildman–Crippen MR) is 102 cm³/mol. The number of fused-ring (bicyclic) bond motifs is 1. The first-order valence-electron chi connectivity index (χ1n) is 9.46. The number of amides is 1. The Kier molecular flexibility index (Phi) is 5.50. The molecule has 0 bridgehead atoms. The summed E-state index contributed by atoms with van der Waals surface area (Å²) in [4.78, 5) is 37.0. The fourth-order valence-electron chi connectivity index (χ4n) is 4.05. The zero-order valence-electron chi connectivity index (χ0n) is 16.8. The van der Waals surface area contributed by atoms with Crippen LogP contribution >= 0.6 is 0 Å². The number of hydrogen-bond acceptors (Lipinski definition) is 7. The standard InChI is InChI=1S/C20H24N2O7/c1-5-20(6-2)19(28-12(3)23)18(21-11-14(27-4)10-17(21)24)15-9-13(22(25)26)7-8-16(15)29-20/h7-10,18-19H,5-6,11H2,1-4H3. The average molecular weight is 404 g/mol. The molecular weight excluding hydrogens is 380 g/mol. The second-order valence-corrected chi connectivity index (χ2v) is 7.11. The van der Waals surface area contributed by atoms with Gasteiger partial charge in [0.1, 0.15) is 23.2 Å². The lowest BCUT2D eigenvalue weighted by atomic mass is 9.79. The van der Waals surface area contributed by atoms with Gasteiger partial charge in [0.25, 0.3) is 11.6 Å². The minimum Gasteiger partial charge on any atom is -0.499 e. The van der Waals surface area contributed by atoms with Crippen LogP contribution in [-0.2, 0) is 19.1 Å². The summed E-state index contributed by atoms with van der Waals surface area (Å²) in [6.07, 6.45) is 1.57. The molecule has 9 nitrogen and oxygen atoms in total. The van der Waals surface area contributed by atoms with Crippen LogP contribution in [-0.4, -0.2) is 47.1 Å². The van der Waals surface area contributed by atoms with E-state index in [1.807, 2.05) is 13.8 Å². The third-order valence-corrected chi connectivity index (χ3v) is 5.62. The quantitative estimate of drug-likeness (QED) is 0.407. The van der Waals surface area contributed by atoms with Crippen LogP contribution in [0.3, 0.4) is 0 Å². The number of nitro benzene ring substituents is 1. The van der Waals surface area contributed by atoms with Crippen LogP contribution in [0, 0.1) is 10.1 Å². The number of methoxy groups -OCH3 is 1. The van der Waals surface area contributed by atoms with E-state index in [2.05, 4.69) is 0 Å². The minimum atomic E-state index is -0.879. The van der Waals surface area contributed by atoms with Gasteiger partial charge in [-0.3, -0.25) is 19.7 Å². The molecular formula is C20H24N2O7. The Hall–Kier alpha value is -3.10. The maximum atomic E-state index is 12.7. The van der Waals surface area contributed by atoms with Gasteiger partial charge in [-0.15, -0.1) is 0 Å². The number of non-ortho nitro benzene ring substituents is 1. The number of benzene rings is 1. The minimum absolute atomic E-state index is 0.133. The number of rotatable bonds is 6. The lowest BCUT2D eigenvalue weighted by molar-refractivity contribution is -0.385. The SMILES string of the molecule is CCC1(CC)Oc2ccc([N+](=O)[O-])cc2C(N2CC(OC)=CC2=O)C1OC(C)=O. The molecule has 0 N–H and O–H groups in total. The van der Waals surface area contributed by atoms with Crippen molar-refractivity contribution >= 4 is 17.6 Å². The zero-order valence-corrected chi connectivity index (χ0v) is 16.8. The summed E-state index contributed by atoms with van der Waals surface area (Å²) in [6, 6.07) is 3.53. The Balaban J connectivity index is 2.20. The van der Waals surface area contributed by atoms with Crippen molar-refractivity contribution in [3.05, 3.63) is 45.7 Å². The lowest BCUT2D eigenvalue weighted by Gasteiger charge is -2.49. The normalized spacial score (nSPS) is 22.4. The van der Waals surface area contributed by atoms with Gasteiger partial charge in [-0.2, -0.15) is 0 Å². The van der Waals surface area contributed by atoms with E-state index in [1.165, 1.54) is 43.2 Å². The lowest BCUT2D eigenvalue weighted by Crippen LogP contribution is -2.58. The van der Waals surface area contributed by atoms with Crippen molar-refractivity contribution in [2.45, 2.75) is 51.4 Å². The highest BCUT2D eigenvalue weighted by Gasteiger charge is 2.54. The topological polar surface area (TPSA) is 108 Å². The second kappa shape index (κ2) is 7.73. The van der Waals surface area contributed by atoms with E-state index in [0.717, 1.165) is 0 Å². The monoisotopic (exact) mass is 404 g/mol. The molecule has 9 heteroatoms. The van der Waals surface area contributed by atoms with Gasteiger partial charge < -0.3 is 19.1 Å². The van der Waals surface area contributed by atoms with Gasteiger partial charge in [-0.1, -0.05) is 13.8 Å². The summed E-state index contributed by atoms with van der Waals surface area (Å²) in [7, 11) is 1.47. The largest absolute Gasteiger partial charge is 0.499 e. The number of hydrogen-bond donors (Lipinski definition) is 0. The van der Waals surface area contributed by atoms with Gasteiger partial charge in [-0.25, -0.2) is 0 Å². The van der Waals surface area contributed by atoms with Crippen LogP contribution in [0.1, 0.15) is 45.2 Å². The number of esters is 1. The fraction of sp³-hybridized carbons (Fsp3) is 0.500. The van der Waals surface area contributed by atoms with Crippen molar-refractivity contribution in [3.8, 4) is 5.75 Å². The molecule has 0 saturated heterocycles. The summed E-state index contributed by atoms with van der Waals surface area (Å²) in [5.74, 6) is 0.0693. The highest BCUT2D eigenvalue weighted by molar-refractivity contribution is 5.91. The number of nitrogens with zero attached hydrogens (tertiary/aromatic N) is 2. The van der Waals surface area contributed by atoms with Gasteiger partial charge in [0.05, 0.1) is 18.6 Å². The maximum absolute atomic E-state index is 12.7. The van der Waals surface area contributed by atoms with Crippen molar-refractivity contribution in [2.24, 2.45) is 0 Å². The number of nitro groups is 1. The molecule has 2 unspecified atom stereocenters. The number of carbonyl (C=O) groups is 2. The van der Waals surface area contributed by atoms with Crippen LogP contribution < -0.4 is 4.74 Å². The Bertz CT molecular complexity index is 876. The predicted octanol–water partition coefficient (Wildman–Crippen LogP) is 2.89. The van der Waals surface area contributed by atoms with Crippen LogP contribution in [0.2, 0.25) is 0 Å².